The third kappa shape index (κ3) is 2.85. The predicted octanol–water partition coefficient (Wildman–Crippen LogP) is 1.07. The molecule has 1 rings (SSSR count). The van der Waals surface area contributed by atoms with Crippen molar-refractivity contribution in [2.45, 2.75) is 26.3 Å². The Kier molecular flexibility index (Phi) is 3.78. The first-order valence-corrected chi connectivity index (χ1v) is 5.53. The van der Waals surface area contributed by atoms with E-state index in [1.165, 1.54) is 0 Å². The summed E-state index contributed by atoms with van der Waals surface area (Å²) in [5.41, 5.74) is 0.134. The molecular weight excluding hydrogens is 200 g/mol. The quantitative estimate of drug-likeness (QED) is 0.704. The molecule has 14 heavy (non-hydrogen) atoms. The van der Waals surface area contributed by atoms with E-state index >= 15 is 0 Å². The lowest BCUT2D eigenvalue weighted by atomic mass is 9.79. The van der Waals surface area contributed by atoms with Gasteiger partial charge in [0, 0.05) is 12.6 Å². The van der Waals surface area contributed by atoms with Crippen LogP contribution in [0.2, 0.25) is 0 Å². The molecule has 1 unspecified atom stereocenters. The number of amides is 1. The monoisotopic (exact) mass is 218 g/mol. The SMILES string of the molecule is CN1CCC(NC(=O)CCl)C(C)(C)C1. The van der Waals surface area contributed by atoms with Gasteiger partial charge < -0.3 is 10.2 Å². The van der Waals surface area contributed by atoms with Crippen molar-refractivity contribution in [3.63, 3.8) is 0 Å². The van der Waals surface area contributed by atoms with Crippen molar-refractivity contribution in [2.75, 3.05) is 26.0 Å². The van der Waals surface area contributed by atoms with Gasteiger partial charge in [0.25, 0.3) is 0 Å². The fourth-order valence-electron chi connectivity index (χ4n) is 2.13. The lowest BCUT2D eigenvalue weighted by Gasteiger charge is -2.43. The van der Waals surface area contributed by atoms with E-state index in [0.29, 0.717) is 0 Å². The van der Waals surface area contributed by atoms with Crippen molar-refractivity contribution in [1.82, 2.24) is 10.2 Å². The van der Waals surface area contributed by atoms with Gasteiger partial charge in [-0.3, -0.25) is 4.79 Å². The van der Waals surface area contributed by atoms with E-state index in [0.717, 1.165) is 19.5 Å². The Morgan fingerprint density at radius 3 is 2.79 bits per heavy atom. The van der Waals surface area contributed by atoms with Crippen LogP contribution < -0.4 is 5.32 Å². The fraction of sp³-hybridized carbons (Fsp3) is 0.900. The maximum absolute atomic E-state index is 11.2. The number of hydrogen-bond donors (Lipinski definition) is 1. The van der Waals surface area contributed by atoms with Crippen LogP contribution in [0.5, 0.6) is 0 Å². The molecule has 1 fully saturated rings. The highest BCUT2D eigenvalue weighted by molar-refractivity contribution is 6.27. The average Bonchev–Trinajstić information content (AvgIpc) is 2.08. The van der Waals surface area contributed by atoms with Gasteiger partial charge in [-0.05, 0) is 25.4 Å². The number of alkyl halides is 1. The number of nitrogens with one attached hydrogen (secondary N) is 1. The summed E-state index contributed by atoms with van der Waals surface area (Å²) in [5, 5.41) is 2.98. The normalized spacial score (nSPS) is 27.3. The summed E-state index contributed by atoms with van der Waals surface area (Å²) in [4.78, 5) is 13.5. The Hall–Kier alpha value is -0.280. The van der Waals surface area contributed by atoms with Gasteiger partial charge in [0.1, 0.15) is 5.88 Å². The maximum atomic E-state index is 11.2. The molecule has 0 aliphatic carbocycles. The molecule has 0 radical (unpaired) electrons. The minimum Gasteiger partial charge on any atom is -0.352 e. The Morgan fingerprint density at radius 1 is 1.64 bits per heavy atom. The van der Waals surface area contributed by atoms with Gasteiger partial charge in [-0.25, -0.2) is 0 Å². The fourth-order valence-corrected chi connectivity index (χ4v) is 2.20. The largest absolute Gasteiger partial charge is 0.352 e. The van der Waals surface area contributed by atoms with Crippen LogP contribution in [0.4, 0.5) is 0 Å². The average molecular weight is 219 g/mol. The zero-order valence-electron chi connectivity index (χ0n) is 9.14. The van der Waals surface area contributed by atoms with Gasteiger partial charge in [-0.15, -0.1) is 11.6 Å². The summed E-state index contributed by atoms with van der Waals surface area (Å²) < 4.78 is 0. The molecule has 1 heterocycles. The second-order valence-electron chi connectivity index (χ2n) is 4.77. The Labute approximate surface area is 90.8 Å². The number of hydrogen-bond acceptors (Lipinski definition) is 2. The van der Waals surface area contributed by atoms with Crippen LogP contribution in [-0.2, 0) is 4.79 Å². The van der Waals surface area contributed by atoms with Gasteiger partial charge in [0.2, 0.25) is 5.91 Å². The van der Waals surface area contributed by atoms with Crippen molar-refractivity contribution in [3.8, 4) is 0 Å². The van der Waals surface area contributed by atoms with E-state index in [9.17, 15) is 4.79 Å². The molecule has 1 amide bonds. The Balaban J connectivity index is 2.56. The van der Waals surface area contributed by atoms with Gasteiger partial charge >= 0.3 is 0 Å². The molecular formula is C10H19ClN2O. The third-order valence-corrected chi connectivity index (χ3v) is 3.12. The van der Waals surface area contributed by atoms with Crippen LogP contribution in [0.3, 0.4) is 0 Å². The number of likely N-dealkylation sites (tertiary alicyclic amines) is 1. The van der Waals surface area contributed by atoms with Crippen molar-refractivity contribution >= 4 is 17.5 Å². The van der Waals surface area contributed by atoms with Gasteiger partial charge in [-0.1, -0.05) is 13.8 Å². The molecule has 0 saturated carbocycles. The summed E-state index contributed by atoms with van der Waals surface area (Å²) >= 11 is 5.47. The first-order chi connectivity index (χ1) is 6.45. The molecule has 82 valence electrons. The van der Waals surface area contributed by atoms with Crippen LogP contribution in [0.15, 0.2) is 0 Å². The van der Waals surface area contributed by atoms with Crippen molar-refractivity contribution < 1.29 is 4.79 Å². The topological polar surface area (TPSA) is 32.3 Å². The zero-order valence-corrected chi connectivity index (χ0v) is 9.90. The van der Waals surface area contributed by atoms with Crippen molar-refractivity contribution in [2.24, 2.45) is 5.41 Å². The number of rotatable bonds is 2. The Morgan fingerprint density at radius 2 is 2.29 bits per heavy atom. The molecule has 1 aliphatic heterocycles. The van der Waals surface area contributed by atoms with E-state index in [4.69, 9.17) is 11.6 Å². The molecule has 1 aliphatic rings. The summed E-state index contributed by atoms with van der Waals surface area (Å²) in [6, 6.07) is 0.255. The van der Waals surface area contributed by atoms with E-state index in [1.54, 1.807) is 0 Å². The highest BCUT2D eigenvalue weighted by Gasteiger charge is 2.35. The van der Waals surface area contributed by atoms with E-state index in [1.807, 2.05) is 0 Å². The summed E-state index contributed by atoms with van der Waals surface area (Å²) in [6.45, 7) is 6.42. The Bertz CT molecular complexity index is 218. The van der Waals surface area contributed by atoms with E-state index in [2.05, 4.69) is 31.1 Å². The molecule has 1 N–H and O–H groups in total. The molecule has 1 atom stereocenters. The van der Waals surface area contributed by atoms with Crippen LogP contribution in [-0.4, -0.2) is 42.9 Å². The minimum absolute atomic E-state index is 0.0580. The zero-order chi connectivity index (χ0) is 10.8. The second kappa shape index (κ2) is 4.49. The standard InChI is InChI=1S/C10H19ClN2O/c1-10(2)7-13(3)5-4-8(10)12-9(14)6-11/h8H,4-7H2,1-3H3,(H,12,14). The number of nitrogens with zero attached hydrogens (tertiary/aromatic N) is 1. The van der Waals surface area contributed by atoms with Gasteiger partial charge in [-0.2, -0.15) is 0 Å². The highest BCUT2D eigenvalue weighted by atomic mass is 35.5. The molecule has 3 nitrogen and oxygen atoms in total. The van der Waals surface area contributed by atoms with Crippen LogP contribution in [0, 0.1) is 5.41 Å². The molecule has 0 bridgehead atoms. The van der Waals surface area contributed by atoms with Crippen LogP contribution >= 0.6 is 11.6 Å². The van der Waals surface area contributed by atoms with E-state index in [-0.39, 0.29) is 23.2 Å². The van der Waals surface area contributed by atoms with Crippen LogP contribution in [0.25, 0.3) is 0 Å². The summed E-state index contributed by atoms with van der Waals surface area (Å²) in [6.07, 6.45) is 1.01. The van der Waals surface area contributed by atoms with Crippen molar-refractivity contribution in [3.05, 3.63) is 0 Å². The van der Waals surface area contributed by atoms with Crippen LogP contribution in [0.1, 0.15) is 20.3 Å². The van der Waals surface area contributed by atoms with Gasteiger partial charge in [0.05, 0.1) is 0 Å². The number of piperidine rings is 1. The lowest BCUT2D eigenvalue weighted by molar-refractivity contribution is -0.120. The first kappa shape index (κ1) is 11.8. The van der Waals surface area contributed by atoms with Gasteiger partial charge in [0.15, 0.2) is 0 Å². The van der Waals surface area contributed by atoms with Crippen molar-refractivity contribution in [1.29, 1.82) is 0 Å². The minimum atomic E-state index is -0.0608. The van der Waals surface area contributed by atoms with E-state index < -0.39 is 0 Å². The second-order valence-corrected chi connectivity index (χ2v) is 5.04. The molecule has 0 aromatic rings. The number of halogens is 1. The molecule has 4 heteroatoms. The molecule has 0 aromatic carbocycles. The predicted molar refractivity (Wildman–Crippen MR) is 58.5 cm³/mol. The number of carbonyl (C=O) groups excluding carboxylic acids is 1. The smallest absolute Gasteiger partial charge is 0.235 e. The maximum Gasteiger partial charge on any atom is 0.235 e. The highest BCUT2D eigenvalue weighted by Crippen LogP contribution is 2.28. The summed E-state index contributed by atoms with van der Waals surface area (Å²) in [5.74, 6) is -0.00288. The first-order valence-electron chi connectivity index (χ1n) is 4.99. The molecule has 1 saturated heterocycles. The third-order valence-electron chi connectivity index (χ3n) is 2.88. The summed E-state index contributed by atoms with van der Waals surface area (Å²) in [7, 11) is 2.11. The molecule has 0 spiro atoms. The lowest BCUT2D eigenvalue weighted by Crippen LogP contribution is -2.54. The number of carbonyl (C=O) groups is 1. The molecule has 0 aromatic heterocycles.